The predicted octanol–water partition coefficient (Wildman–Crippen LogP) is 3.39. The number of phenolic OH excluding ortho intramolecular Hbond substituents is 2. The molecule has 2 aromatic carbocycles. The highest BCUT2D eigenvalue weighted by Gasteiger charge is 2.09. The molecule has 3 N–H and O–H groups in total. The van der Waals surface area contributed by atoms with Crippen LogP contribution in [-0.4, -0.2) is 22.3 Å². The number of aromatic hydroxyl groups is 2. The third-order valence-corrected chi connectivity index (χ3v) is 3.91. The zero-order valence-corrected chi connectivity index (χ0v) is 13.7. The van der Waals surface area contributed by atoms with Crippen LogP contribution in [0.3, 0.4) is 0 Å². The van der Waals surface area contributed by atoms with E-state index in [-0.39, 0.29) is 17.1 Å². The number of carbonyl (C=O) groups excluding carboxylic acids is 1. The molecular weight excluding hydrogens is 404 g/mol. The van der Waals surface area contributed by atoms with Crippen LogP contribution in [-0.2, 0) is 0 Å². The van der Waals surface area contributed by atoms with Gasteiger partial charge in [-0.1, -0.05) is 28.1 Å². The maximum Gasteiger partial charge on any atom is 0.275 e. The van der Waals surface area contributed by atoms with Gasteiger partial charge in [-0.3, -0.25) is 4.79 Å². The molecule has 0 aliphatic heterocycles. The first-order chi connectivity index (χ1) is 9.99. The van der Waals surface area contributed by atoms with E-state index in [0.29, 0.717) is 14.5 Å². The first kappa shape index (κ1) is 15.5. The summed E-state index contributed by atoms with van der Waals surface area (Å²) in [6.07, 6.45) is 1.38. The average Bonchev–Trinajstić information content (AvgIpc) is 2.44. The van der Waals surface area contributed by atoms with E-state index in [1.165, 1.54) is 24.4 Å². The number of hydrazone groups is 1. The van der Waals surface area contributed by atoms with Gasteiger partial charge in [-0.15, -0.1) is 0 Å². The maximum absolute atomic E-state index is 11.8. The molecule has 0 fully saturated rings. The maximum atomic E-state index is 11.8. The van der Waals surface area contributed by atoms with Gasteiger partial charge < -0.3 is 10.2 Å². The molecule has 0 unspecified atom stereocenters. The minimum absolute atomic E-state index is 0.0617. The van der Waals surface area contributed by atoms with Crippen molar-refractivity contribution in [3.05, 3.63) is 56.5 Å². The van der Waals surface area contributed by atoms with Crippen molar-refractivity contribution in [1.82, 2.24) is 5.43 Å². The van der Waals surface area contributed by atoms with Gasteiger partial charge in [0.1, 0.15) is 11.5 Å². The van der Waals surface area contributed by atoms with E-state index < -0.39 is 5.91 Å². The SMILES string of the molecule is O=C(NN=Cc1cc(O)c(Br)cc1Br)c1ccccc1O. The minimum Gasteiger partial charge on any atom is -0.507 e. The second-order valence-corrected chi connectivity index (χ2v) is 5.75. The lowest BCUT2D eigenvalue weighted by atomic mass is 10.2. The van der Waals surface area contributed by atoms with Crippen LogP contribution in [0.25, 0.3) is 0 Å². The van der Waals surface area contributed by atoms with Crippen molar-refractivity contribution in [2.75, 3.05) is 0 Å². The molecule has 108 valence electrons. The zero-order chi connectivity index (χ0) is 15.4. The third kappa shape index (κ3) is 3.83. The zero-order valence-electron chi connectivity index (χ0n) is 10.5. The highest BCUT2D eigenvalue weighted by atomic mass is 79.9. The molecule has 2 rings (SSSR count). The van der Waals surface area contributed by atoms with E-state index in [4.69, 9.17) is 0 Å². The molecule has 0 aliphatic rings. The Hall–Kier alpha value is -1.86. The summed E-state index contributed by atoms with van der Waals surface area (Å²) in [5, 5.41) is 22.9. The number of hydrogen-bond acceptors (Lipinski definition) is 4. The number of benzene rings is 2. The van der Waals surface area contributed by atoms with E-state index in [9.17, 15) is 15.0 Å². The average molecular weight is 414 g/mol. The lowest BCUT2D eigenvalue weighted by molar-refractivity contribution is 0.0952. The van der Waals surface area contributed by atoms with Crippen molar-refractivity contribution in [2.45, 2.75) is 0 Å². The molecule has 0 aromatic heterocycles. The minimum atomic E-state index is -0.526. The number of phenols is 2. The Balaban J connectivity index is 2.11. The van der Waals surface area contributed by atoms with Crippen LogP contribution in [0.4, 0.5) is 0 Å². The second-order valence-electron chi connectivity index (χ2n) is 4.04. The molecular formula is C14H10Br2N2O3. The molecule has 0 saturated carbocycles. The smallest absolute Gasteiger partial charge is 0.275 e. The molecule has 5 nitrogen and oxygen atoms in total. The normalized spacial score (nSPS) is 10.8. The number of halogens is 2. The van der Waals surface area contributed by atoms with Crippen LogP contribution in [0.2, 0.25) is 0 Å². The largest absolute Gasteiger partial charge is 0.507 e. The van der Waals surface area contributed by atoms with Gasteiger partial charge in [0.15, 0.2) is 0 Å². The molecule has 1 amide bonds. The van der Waals surface area contributed by atoms with Gasteiger partial charge in [-0.05, 0) is 40.2 Å². The van der Waals surface area contributed by atoms with E-state index >= 15 is 0 Å². The number of nitrogens with one attached hydrogen (secondary N) is 1. The predicted molar refractivity (Wildman–Crippen MR) is 86.7 cm³/mol. The molecule has 21 heavy (non-hydrogen) atoms. The molecule has 0 spiro atoms. The Morgan fingerprint density at radius 1 is 1.10 bits per heavy atom. The lowest BCUT2D eigenvalue weighted by Crippen LogP contribution is -2.17. The van der Waals surface area contributed by atoms with Crippen LogP contribution in [0.5, 0.6) is 11.5 Å². The summed E-state index contributed by atoms with van der Waals surface area (Å²) >= 11 is 6.51. The molecule has 7 heteroatoms. The highest BCUT2D eigenvalue weighted by Crippen LogP contribution is 2.29. The highest BCUT2D eigenvalue weighted by molar-refractivity contribution is 9.11. The fraction of sp³-hybridized carbons (Fsp3) is 0. The molecule has 0 radical (unpaired) electrons. The summed E-state index contributed by atoms with van der Waals surface area (Å²) in [5.74, 6) is -0.582. The van der Waals surface area contributed by atoms with Crippen LogP contribution in [0.15, 0.2) is 50.4 Å². The summed E-state index contributed by atoms with van der Waals surface area (Å²) in [4.78, 5) is 11.8. The third-order valence-electron chi connectivity index (χ3n) is 2.58. The van der Waals surface area contributed by atoms with Gasteiger partial charge >= 0.3 is 0 Å². The molecule has 0 heterocycles. The van der Waals surface area contributed by atoms with Crippen molar-refractivity contribution in [2.24, 2.45) is 5.10 Å². The Labute approximate surface area is 137 Å². The van der Waals surface area contributed by atoms with Gasteiger partial charge in [0, 0.05) is 10.0 Å². The Kier molecular flexibility index (Phi) is 4.98. The summed E-state index contributed by atoms with van der Waals surface area (Å²) in [6.45, 7) is 0. The molecule has 0 aliphatic carbocycles. The Bertz CT molecular complexity index is 717. The van der Waals surface area contributed by atoms with Crippen molar-refractivity contribution < 1.29 is 15.0 Å². The Morgan fingerprint density at radius 2 is 1.81 bits per heavy atom. The lowest BCUT2D eigenvalue weighted by Gasteiger charge is -2.03. The standard InChI is InChI=1S/C14H10Br2N2O3/c15-10-6-11(16)13(20)5-8(10)7-17-18-14(21)9-3-1-2-4-12(9)19/h1-7,19-20H,(H,18,21). The Morgan fingerprint density at radius 3 is 2.52 bits per heavy atom. The van der Waals surface area contributed by atoms with Crippen LogP contribution >= 0.6 is 31.9 Å². The first-order valence-corrected chi connectivity index (χ1v) is 7.37. The van der Waals surface area contributed by atoms with Crippen molar-refractivity contribution in [3.8, 4) is 11.5 Å². The van der Waals surface area contributed by atoms with E-state index in [2.05, 4.69) is 42.4 Å². The summed E-state index contributed by atoms with van der Waals surface area (Å²) in [7, 11) is 0. The first-order valence-electron chi connectivity index (χ1n) is 5.78. The van der Waals surface area contributed by atoms with Crippen molar-refractivity contribution >= 4 is 44.0 Å². The van der Waals surface area contributed by atoms with Crippen LogP contribution in [0.1, 0.15) is 15.9 Å². The quantitative estimate of drug-likeness (QED) is 0.532. The number of para-hydroxylation sites is 1. The summed E-state index contributed by atoms with van der Waals surface area (Å²) < 4.78 is 1.25. The van der Waals surface area contributed by atoms with Gasteiger partial charge in [0.2, 0.25) is 0 Å². The molecule has 0 atom stereocenters. The topological polar surface area (TPSA) is 81.9 Å². The monoisotopic (exact) mass is 412 g/mol. The number of amides is 1. The van der Waals surface area contributed by atoms with Gasteiger partial charge in [-0.2, -0.15) is 5.10 Å². The van der Waals surface area contributed by atoms with E-state index in [1.54, 1.807) is 18.2 Å². The van der Waals surface area contributed by atoms with Crippen molar-refractivity contribution in [1.29, 1.82) is 0 Å². The number of carbonyl (C=O) groups is 1. The number of nitrogens with zero attached hydrogens (tertiary/aromatic N) is 1. The van der Waals surface area contributed by atoms with E-state index in [0.717, 1.165) is 0 Å². The van der Waals surface area contributed by atoms with Crippen LogP contribution < -0.4 is 5.43 Å². The molecule has 2 aromatic rings. The van der Waals surface area contributed by atoms with Gasteiger partial charge in [0.05, 0.1) is 16.3 Å². The molecule has 0 saturated heterocycles. The number of hydrogen-bond donors (Lipinski definition) is 3. The van der Waals surface area contributed by atoms with E-state index in [1.807, 2.05) is 0 Å². The van der Waals surface area contributed by atoms with Gasteiger partial charge in [0.25, 0.3) is 5.91 Å². The summed E-state index contributed by atoms with van der Waals surface area (Å²) in [6, 6.07) is 9.33. The van der Waals surface area contributed by atoms with Crippen LogP contribution in [0, 0.1) is 0 Å². The fourth-order valence-corrected chi connectivity index (χ4v) is 2.64. The second kappa shape index (κ2) is 6.73. The fourth-order valence-electron chi connectivity index (χ4n) is 1.54. The van der Waals surface area contributed by atoms with Gasteiger partial charge in [-0.25, -0.2) is 5.43 Å². The summed E-state index contributed by atoms with van der Waals surface area (Å²) in [5.41, 5.74) is 3.03. The number of rotatable bonds is 3. The van der Waals surface area contributed by atoms with Crippen molar-refractivity contribution in [3.63, 3.8) is 0 Å². The molecule has 0 bridgehead atoms.